The van der Waals surface area contributed by atoms with Gasteiger partial charge in [0.2, 0.25) is 0 Å². The number of ketones is 1. The smallest absolute Gasteiger partial charge is 0.142 e. The fourth-order valence-electron chi connectivity index (χ4n) is 2.02. The van der Waals surface area contributed by atoms with E-state index in [0.29, 0.717) is 11.7 Å². The Kier molecular flexibility index (Phi) is 3.12. The number of carbonyl (C=O) groups is 1. The molecule has 1 rings (SSSR count). The van der Waals surface area contributed by atoms with Gasteiger partial charge in [-0.15, -0.1) is 0 Å². The van der Waals surface area contributed by atoms with Crippen molar-refractivity contribution in [1.29, 1.82) is 0 Å². The van der Waals surface area contributed by atoms with Gasteiger partial charge in [-0.25, -0.2) is 0 Å². The summed E-state index contributed by atoms with van der Waals surface area (Å²) < 4.78 is 0. The second-order valence-corrected chi connectivity index (χ2v) is 4.84. The summed E-state index contributed by atoms with van der Waals surface area (Å²) in [5.74, 6) is 0.757. The Morgan fingerprint density at radius 2 is 2.15 bits per heavy atom. The molecule has 1 fully saturated rings. The quantitative estimate of drug-likeness (QED) is 0.666. The summed E-state index contributed by atoms with van der Waals surface area (Å²) in [6.45, 7) is 8.25. The average molecular weight is 183 g/mol. The van der Waals surface area contributed by atoms with Crippen molar-refractivity contribution in [2.75, 3.05) is 20.1 Å². The van der Waals surface area contributed by atoms with Gasteiger partial charge in [-0.1, -0.05) is 20.8 Å². The number of carbonyl (C=O) groups excluding carboxylic acids is 1. The molecular weight excluding hydrogens is 162 g/mol. The van der Waals surface area contributed by atoms with Crippen LogP contribution in [-0.4, -0.2) is 30.8 Å². The topological polar surface area (TPSA) is 20.3 Å². The largest absolute Gasteiger partial charge is 0.306 e. The molecule has 1 atom stereocenters. The highest BCUT2D eigenvalue weighted by atomic mass is 16.1. The van der Waals surface area contributed by atoms with E-state index in [1.807, 2.05) is 0 Å². The van der Waals surface area contributed by atoms with E-state index in [4.69, 9.17) is 0 Å². The van der Waals surface area contributed by atoms with Gasteiger partial charge in [-0.05, 0) is 26.4 Å². The molecular formula is C11H21NO. The fraction of sp³-hybridized carbons (Fsp3) is 0.909. The first kappa shape index (κ1) is 10.7. The highest BCUT2D eigenvalue weighted by Crippen LogP contribution is 2.37. The van der Waals surface area contributed by atoms with Crippen LogP contribution >= 0.6 is 0 Å². The summed E-state index contributed by atoms with van der Waals surface area (Å²) in [5.41, 5.74) is -0.0563. The Morgan fingerprint density at radius 1 is 1.54 bits per heavy atom. The molecule has 0 radical (unpaired) electrons. The second-order valence-electron chi connectivity index (χ2n) is 4.84. The lowest BCUT2D eigenvalue weighted by molar-refractivity contribution is -0.127. The standard InChI is InChI=1S/C11H21NO/c1-5-12(4)8-9-6-7-11(2,3)10(9)13/h9H,5-8H2,1-4H3. The lowest BCUT2D eigenvalue weighted by Gasteiger charge is -2.20. The minimum Gasteiger partial charge on any atom is -0.306 e. The molecule has 1 unspecified atom stereocenters. The van der Waals surface area contributed by atoms with E-state index in [1.54, 1.807) is 0 Å². The highest BCUT2D eigenvalue weighted by Gasteiger charge is 2.40. The lowest BCUT2D eigenvalue weighted by atomic mass is 9.89. The van der Waals surface area contributed by atoms with Gasteiger partial charge in [0.1, 0.15) is 5.78 Å². The molecule has 2 nitrogen and oxygen atoms in total. The normalized spacial score (nSPS) is 27.2. The van der Waals surface area contributed by atoms with E-state index in [9.17, 15) is 4.79 Å². The van der Waals surface area contributed by atoms with Crippen LogP contribution < -0.4 is 0 Å². The number of nitrogens with zero attached hydrogens (tertiary/aromatic N) is 1. The average Bonchev–Trinajstić information content (AvgIpc) is 2.32. The first-order valence-electron chi connectivity index (χ1n) is 5.20. The first-order valence-corrected chi connectivity index (χ1v) is 5.20. The predicted octanol–water partition coefficient (Wildman–Crippen LogP) is 1.94. The first-order chi connectivity index (χ1) is 5.97. The SMILES string of the molecule is CCN(C)CC1CCC(C)(C)C1=O. The maximum atomic E-state index is 11.9. The Bertz CT molecular complexity index is 198. The minimum atomic E-state index is -0.0563. The maximum absolute atomic E-state index is 11.9. The molecule has 1 aliphatic carbocycles. The molecule has 2 heteroatoms. The number of hydrogen-bond acceptors (Lipinski definition) is 2. The van der Waals surface area contributed by atoms with Crippen molar-refractivity contribution in [2.24, 2.45) is 11.3 Å². The van der Waals surface area contributed by atoms with Crippen molar-refractivity contribution in [1.82, 2.24) is 4.90 Å². The molecule has 0 heterocycles. The van der Waals surface area contributed by atoms with Crippen LogP contribution in [0.1, 0.15) is 33.6 Å². The molecule has 0 aromatic heterocycles. The van der Waals surface area contributed by atoms with Crippen LogP contribution in [0.4, 0.5) is 0 Å². The van der Waals surface area contributed by atoms with Crippen molar-refractivity contribution in [3.8, 4) is 0 Å². The summed E-state index contributed by atoms with van der Waals surface area (Å²) in [6.07, 6.45) is 2.14. The van der Waals surface area contributed by atoms with Gasteiger partial charge < -0.3 is 4.90 Å². The molecule has 0 N–H and O–H groups in total. The summed E-state index contributed by atoms with van der Waals surface area (Å²) in [4.78, 5) is 14.1. The molecule has 1 aliphatic rings. The van der Waals surface area contributed by atoms with Crippen molar-refractivity contribution in [3.63, 3.8) is 0 Å². The van der Waals surface area contributed by atoms with Gasteiger partial charge in [0, 0.05) is 17.9 Å². The van der Waals surface area contributed by atoms with Gasteiger partial charge in [-0.2, -0.15) is 0 Å². The summed E-state index contributed by atoms with van der Waals surface area (Å²) in [7, 11) is 2.08. The van der Waals surface area contributed by atoms with Gasteiger partial charge in [-0.3, -0.25) is 4.79 Å². The molecule has 0 saturated heterocycles. The van der Waals surface area contributed by atoms with E-state index in [0.717, 1.165) is 25.9 Å². The van der Waals surface area contributed by atoms with Gasteiger partial charge in [0.15, 0.2) is 0 Å². The molecule has 0 spiro atoms. The zero-order valence-electron chi connectivity index (χ0n) is 9.26. The molecule has 1 saturated carbocycles. The zero-order valence-corrected chi connectivity index (χ0v) is 9.26. The third-order valence-corrected chi connectivity index (χ3v) is 3.23. The van der Waals surface area contributed by atoms with Crippen LogP contribution in [0.5, 0.6) is 0 Å². The van der Waals surface area contributed by atoms with Crippen LogP contribution in [0.3, 0.4) is 0 Å². The number of hydrogen-bond donors (Lipinski definition) is 0. The Balaban J connectivity index is 2.51. The number of rotatable bonds is 3. The molecule has 0 bridgehead atoms. The monoisotopic (exact) mass is 183 g/mol. The van der Waals surface area contributed by atoms with Crippen LogP contribution in [0.2, 0.25) is 0 Å². The Labute approximate surface area is 81.3 Å². The third-order valence-electron chi connectivity index (χ3n) is 3.23. The van der Waals surface area contributed by atoms with E-state index < -0.39 is 0 Å². The predicted molar refractivity (Wildman–Crippen MR) is 54.7 cm³/mol. The maximum Gasteiger partial charge on any atom is 0.142 e. The number of Topliss-reactive ketones (excluding diaryl/α,β-unsaturated/α-hetero) is 1. The van der Waals surface area contributed by atoms with Crippen LogP contribution in [0.15, 0.2) is 0 Å². The van der Waals surface area contributed by atoms with Gasteiger partial charge in [0.05, 0.1) is 0 Å². The fourth-order valence-corrected chi connectivity index (χ4v) is 2.02. The van der Waals surface area contributed by atoms with Gasteiger partial charge in [0.25, 0.3) is 0 Å². The molecule has 0 aromatic carbocycles. The Hall–Kier alpha value is -0.370. The second kappa shape index (κ2) is 3.79. The van der Waals surface area contributed by atoms with Crippen molar-refractivity contribution in [3.05, 3.63) is 0 Å². The van der Waals surface area contributed by atoms with Crippen LogP contribution in [-0.2, 0) is 4.79 Å². The van der Waals surface area contributed by atoms with E-state index in [2.05, 4.69) is 32.7 Å². The third kappa shape index (κ3) is 2.31. The van der Waals surface area contributed by atoms with Crippen molar-refractivity contribution < 1.29 is 4.79 Å². The highest BCUT2D eigenvalue weighted by molar-refractivity contribution is 5.88. The lowest BCUT2D eigenvalue weighted by Crippen LogP contribution is -2.31. The van der Waals surface area contributed by atoms with Crippen LogP contribution in [0.25, 0.3) is 0 Å². The van der Waals surface area contributed by atoms with E-state index in [1.165, 1.54) is 0 Å². The summed E-state index contributed by atoms with van der Waals surface area (Å²) in [6, 6.07) is 0. The summed E-state index contributed by atoms with van der Waals surface area (Å²) >= 11 is 0. The summed E-state index contributed by atoms with van der Waals surface area (Å²) in [5, 5.41) is 0. The molecule has 0 aliphatic heterocycles. The van der Waals surface area contributed by atoms with E-state index >= 15 is 0 Å². The Morgan fingerprint density at radius 3 is 2.54 bits per heavy atom. The van der Waals surface area contributed by atoms with Crippen molar-refractivity contribution in [2.45, 2.75) is 33.6 Å². The molecule has 76 valence electrons. The minimum absolute atomic E-state index is 0.0563. The molecule has 13 heavy (non-hydrogen) atoms. The molecule has 0 aromatic rings. The van der Waals surface area contributed by atoms with Crippen molar-refractivity contribution >= 4 is 5.78 Å². The van der Waals surface area contributed by atoms with Crippen LogP contribution in [0, 0.1) is 11.3 Å². The zero-order chi connectivity index (χ0) is 10.1. The van der Waals surface area contributed by atoms with Gasteiger partial charge >= 0.3 is 0 Å². The molecule has 0 amide bonds. The van der Waals surface area contributed by atoms with E-state index in [-0.39, 0.29) is 5.41 Å².